The van der Waals surface area contributed by atoms with Crippen molar-refractivity contribution in [3.8, 4) is 17.2 Å². The highest BCUT2D eigenvalue weighted by atomic mass is 35.5. The Morgan fingerprint density at radius 2 is 1.70 bits per heavy atom. The summed E-state index contributed by atoms with van der Waals surface area (Å²) in [6.07, 6.45) is 3.77. The number of hydrogen-bond donors (Lipinski definition) is 3. The van der Waals surface area contributed by atoms with E-state index in [1.54, 1.807) is 32.4 Å². The first-order valence-corrected chi connectivity index (χ1v) is 12.4. The Bertz CT molecular complexity index is 1040. The molecule has 0 atom stereocenters. The van der Waals surface area contributed by atoms with E-state index >= 15 is 0 Å². The number of amides is 2. The maximum atomic E-state index is 13.1. The molecule has 37 heavy (non-hydrogen) atoms. The first-order valence-electron chi connectivity index (χ1n) is 12.0. The number of hydrogen-bond acceptors (Lipinski definition) is 7. The van der Waals surface area contributed by atoms with Crippen molar-refractivity contribution >= 4 is 41.5 Å². The molecule has 2 aromatic carbocycles. The first-order chi connectivity index (χ1) is 17.3. The van der Waals surface area contributed by atoms with Gasteiger partial charge in [-0.3, -0.25) is 4.79 Å². The number of primary amides is 1. The molecule has 1 aliphatic rings. The molecule has 5 N–H and O–H groups in total. The number of unbranched alkanes of at least 4 members (excludes halogenated alkanes) is 1. The van der Waals surface area contributed by atoms with E-state index in [-0.39, 0.29) is 30.8 Å². The lowest BCUT2D eigenvalue weighted by Crippen LogP contribution is -2.46. The maximum Gasteiger partial charge on any atom is 0.312 e. The number of nitrogens with two attached hydrogens (primary N) is 2. The van der Waals surface area contributed by atoms with E-state index in [9.17, 15) is 9.59 Å². The third-order valence-corrected chi connectivity index (χ3v) is 6.59. The van der Waals surface area contributed by atoms with Gasteiger partial charge in [0, 0.05) is 37.7 Å². The Morgan fingerprint density at radius 3 is 2.30 bits per heavy atom. The van der Waals surface area contributed by atoms with Gasteiger partial charge in [0.1, 0.15) is 23.9 Å². The van der Waals surface area contributed by atoms with Crippen LogP contribution in [0.25, 0.3) is 0 Å². The average molecular weight is 556 g/mol. The SMILES string of the molecule is COc1cc(COc2cc(N)c(Cl)cc2C(=O)CCCCN2CCC(NC(N)=O)CC2)cc(OC)c1.Cl. The van der Waals surface area contributed by atoms with Gasteiger partial charge in [-0.15, -0.1) is 12.4 Å². The molecule has 11 heteroatoms. The largest absolute Gasteiger partial charge is 0.497 e. The van der Waals surface area contributed by atoms with Crippen LogP contribution >= 0.6 is 24.0 Å². The van der Waals surface area contributed by atoms with Gasteiger partial charge in [-0.2, -0.15) is 0 Å². The molecule has 1 fully saturated rings. The number of ether oxygens (including phenoxy) is 3. The second-order valence-electron chi connectivity index (χ2n) is 8.88. The second-order valence-corrected chi connectivity index (χ2v) is 9.29. The van der Waals surface area contributed by atoms with Gasteiger partial charge in [0.2, 0.25) is 0 Å². The highest BCUT2D eigenvalue weighted by Crippen LogP contribution is 2.32. The van der Waals surface area contributed by atoms with E-state index in [4.69, 9.17) is 37.3 Å². The van der Waals surface area contributed by atoms with Crippen molar-refractivity contribution in [2.24, 2.45) is 5.73 Å². The van der Waals surface area contributed by atoms with Gasteiger partial charge in [-0.1, -0.05) is 11.6 Å². The number of piperidine rings is 1. The molecular weight excluding hydrogens is 519 g/mol. The summed E-state index contributed by atoms with van der Waals surface area (Å²) < 4.78 is 16.6. The normalized spacial score (nSPS) is 13.9. The summed E-state index contributed by atoms with van der Waals surface area (Å²) >= 11 is 6.23. The molecule has 1 saturated heterocycles. The molecule has 0 unspecified atom stereocenters. The molecule has 0 radical (unpaired) electrons. The van der Waals surface area contributed by atoms with Crippen LogP contribution in [-0.4, -0.2) is 56.6 Å². The van der Waals surface area contributed by atoms with Crippen LogP contribution in [0.1, 0.15) is 48.0 Å². The number of carbonyl (C=O) groups is 2. The van der Waals surface area contributed by atoms with Crippen molar-refractivity contribution in [3.05, 3.63) is 46.5 Å². The van der Waals surface area contributed by atoms with E-state index in [1.807, 2.05) is 12.1 Å². The molecule has 0 saturated carbocycles. The van der Waals surface area contributed by atoms with Gasteiger partial charge in [0.15, 0.2) is 5.78 Å². The van der Waals surface area contributed by atoms with E-state index in [0.717, 1.165) is 50.9 Å². The highest BCUT2D eigenvalue weighted by Gasteiger charge is 2.20. The number of anilines is 1. The van der Waals surface area contributed by atoms with Gasteiger partial charge in [-0.25, -0.2) is 4.79 Å². The number of ketones is 1. The smallest absolute Gasteiger partial charge is 0.312 e. The van der Waals surface area contributed by atoms with Gasteiger partial charge in [0.25, 0.3) is 0 Å². The van der Waals surface area contributed by atoms with Crippen LogP contribution < -0.4 is 31.0 Å². The molecule has 9 nitrogen and oxygen atoms in total. The number of likely N-dealkylation sites (tertiary alicyclic amines) is 1. The highest BCUT2D eigenvalue weighted by molar-refractivity contribution is 6.33. The molecule has 3 rings (SSSR count). The summed E-state index contributed by atoms with van der Waals surface area (Å²) in [5, 5.41) is 3.09. The molecule has 0 spiro atoms. The number of nitrogen functional groups attached to an aromatic ring is 1. The fourth-order valence-electron chi connectivity index (χ4n) is 4.27. The molecular formula is C26H36Cl2N4O5. The zero-order valence-corrected chi connectivity index (χ0v) is 22.8. The van der Waals surface area contributed by atoms with Gasteiger partial charge < -0.3 is 35.9 Å². The molecule has 2 aromatic rings. The van der Waals surface area contributed by atoms with Crippen LogP contribution in [0.4, 0.5) is 10.5 Å². The molecule has 1 heterocycles. The third-order valence-electron chi connectivity index (χ3n) is 6.27. The Kier molecular flexibility index (Phi) is 12.1. The van der Waals surface area contributed by atoms with Crippen LogP contribution in [0.5, 0.6) is 17.2 Å². The van der Waals surface area contributed by atoms with Crippen molar-refractivity contribution in [2.75, 3.05) is 39.6 Å². The average Bonchev–Trinajstić information content (AvgIpc) is 2.87. The predicted octanol–water partition coefficient (Wildman–Crippen LogP) is 4.43. The lowest BCUT2D eigenvalue weighted by Gasteiger charge is -2.31. The predicted molar refractivity (Wildman–Crippen MR) is 147 cm³/mol. The Morgan fingerprint density at radius 1 is 1.05 bits per heavy atom. The fourth-order valence-corrected chi connectivity index (χ4v) is 4.44. The van der Waals surface area contributed by atoms with Crippen LogP contribution in [0.15, 0.2) is 30.3 Å². The minimum absolute atomic E-state index is 0. The Labute approximate surface area is 229 Å². The number of rotatable bonds is 12. The number of nitrogens with zero attached hydrogens (tertiary/aromatic N) is 1. The monoisotopic (exact) mass is 554 g/mol. The van der Waals surface area contributed by atoms with Crippen molar-refractivity contribution in [2.45, 2.75) is 44.8 Å². The van der Waals surface area contributed by atoms with E-state index in [2.05, 4.69) is 10.2 Å². The number of urea groups is 1. The summed E-state index contributed by atoms with van der Waals surface area (Å²) in [5.41, 5.74) is 12.8. The number of carbonyl (C=O) groups excluding carboxylic acids is 2. The summed E-state index contributed by atoms with van der Waals surface area (Å²) in [6.45, 7) is 2.91. The fraction of sp³-hybridized carbons (Fsp3) is 0.462. The molecule has 204 valence electrons. The standard InChI is InChI=1S/C26H35ClN4O5.ClH/c1-34-19-11-17(12-20(13-19)35-2)16-36-25-15-23(28)22(27)14-21(25)24(32)5-3-4-8-31-9-6-18(7-10-31)30-26(29)33;/h11-15,18H,3-10,16,28H2,1-2H3,(H3,29,30,33);1H. The molecule has 0 aromatic heterocycles. The van der Waals surface area contributed by atoms with E-state index in [0.29, 0.717) is 39.9 Å². The lowest BCUT2D eigenvalue weighted by molar-refractivity contribution is 0.0972. The zero-order valence-electron chi connectivity index (χ0n) is 21.3. The minimum atomic E-state index is -0.471. The molecule has 0 bridgehead atoms. The topological polar surface area (TPSA) is 129 Å². The number of halogens is 2. The Balaban J connectivity index is 0.00000481. The van der Waals surface area contributed by atoms with Crippen molar-refractivity contribution in [1.82, 2.24) is 10.2 Å². The number of Topliss-reactive ketones (excluding diaryl/α,β-unsaturated/α-hetero) is 1. The lowest BCUT2D eigenvalue weighted by atomic mass is 10.0. The van der Waals surface area contributed by atoms with Gasteiger partial charge in [-0.05, 0) is 56.0 Å². The number of methoxy groups -OCH3 is 2. The maximum absolute atomic E-state index is 13.1. The third kappa shape index (κ3) is 9.18. The molecule has 0 aliphatic carbocycles. The first kappa shape index (κ1) is 30.3. The van der Waals surface area contributed by atoms with Gasteiger partial charge in [0.05, 0.1) is 30.5 Å². The second kappa shape index (κ2) is 14.8. The Hall–Kier alpha value is -2.88. The molecule has 1 aliphatic heterocycles. The summed E-state index contributed by atoms with van der Waals surface area (Å²) in [7, 11) is 3.17. The van der Waals surface area contributed by atoms with Crippen LogP contribution in [0, 0.1) is 0 Å². The summed E-state index contributed by atoms with van der Waals surface area (Å²) in [4.78, 5) is 26.4. The van der Waals surface area contributed by atoms with E-state index < -0.39 is 6.03 Å². The van der Waals surface area contributed by atoms with Crippen LogP contribution in [0.2, 0.25) is 5.02 Å². The summed E-state index contributed by atoms with van der Waals surface area (Å²) in [6, 6.07) is 8.31. The van der Waals surface area contributed by atoms with Crippen LogP contribution in [-0.2, 0) is 6.61 Å². The van der Waals surface area contributed by atoms with Gasteiger partial charge >= 0.3 is 6.03 Å². The summed E-state index contributed by atoms with van der Waals surface area (Å²) in [5.74, 6) is 1.65. The van der Waals surface area contributed by atoms with Crippen molar-refractivity contribution < 1.29 is 23.8 Å². The van der Waals surface area contributed by atoms with E-state index in [1.165, 1.54) is 0 Å². The number of benzene rings is 2. The zero-order chi connectivity index (χ0) is 26.1. The quantitative estimate of drug-likeness (QED) is 0.201. The molecule has 2 amide bonds. The van der Waals surface area contributed by atoms with Crippen molar-refractivity contribution in [3.63, 3.8) is 0 Å². The minimum Gasteiger partial charge on any atom is -0.497 e. The number of nitrogens with one attached hydrogen (secondary N) is 1. The van der Waals surface area contributed by atoms with Crippen molar-refractivity contribution in [1.29, 1.82) is 0 Å². The van der Waals surface area contributed by atoms with Crippen LogP contribution in [0.3, 0.4) is 0 Å².